The predicted octanol–water partition coefficient (Wildman–Crippen LogP) is -2.04. The molecule has 0 bridgehead atoms. The Morgan fingerprint density at radius 1 is 1.58 bits per heavy atom. The molecule has 3 atom stereocenters. The van der Waals surface area contributed by atoms with Gasteiger partial charge >= 0.3 is 0 Å². The van der Waals surface area contributed by atoms with Crippen LogP contribution in [-0.4, -0.2) is 52.5 Å². The minimum atomic E-state index is -0.968. The highest BCUT2D eigenvalue weighted by Gasteiger charge is 2.38. The number of rotatable bonds is 4. The zero-order valence-electron chi connectivity index (χ0n) is 10.6. The number of β-amino-alcohol motifs (C(OH)–C–C–N with tert-alkyl or cyclic N) is 1. The Morgan fingerprint density at radius 2 is 2.21 bits per heavy atom. The molecule has 0 saturated carbocycles. The highest BCUT2D eigenvalue weighted by molar-refractivity contribution is 5.91. The van der Waals surface area contributed by atoms with Crippen LogP contribution in [0.25, 0.3) is 0 Å². The van der Waals surface area contributed by atoms with Gasteiger partial charge in [0.2, 0.25) is 17.7 Å². The summed E-state index contributed by atoms with van der Waals surface area (Å²) < 4.78 is 0. The molecule has 1 heterocycles. The molecule has 104 valence electrons. The lowest BCUT2D eigenvalue weighted by Crippen LogP contribution is -2.51. The molecular formula is C12H17N3O4. The van der Waals surface area contributed by atoms with Gasteiger partial charge in [-0.1, -0.05) is 0 Å². The standard InChI is InChI=1S/C12H17N3O4/c1-3-4-9(11(13)18)14-12(19)10-5-8(17)6-15(10)7(2)16/h1,8-10,17H,4-6H2,2H3,(H2,13,18)(H,14,19)/t8-,9-,10+/m1/s1. The van der Waals surface area contributed by atoms with E-state index in [1.807, 2.05) is 0 Å². The number of nitrogens with one attached hydrogen (secondary N) is 1. The maximum atomic E-state index is 12.0. The van der Waals surface area contributed by atoms with Crippen LogP contribution in [-0.2, 0) is 14.4 Å². The van der Waals surface area contributed by atoms with Gasteiger partial charge in [-0.05, 0) is 0 Å². The number of carbonyl (C=O) groups is 3. The van der Waals surface area contributed by atoms with E-state index in [1.165, 1.54) is 11.8 Å². The van der Waals surface area contributed by atoms with Gasteiger partial charge in [-0.15, -0.1) is 12.3 Å². The van der Waals surface area contributed by atoms with Crippen LogP contribution in [0.1, 0.15) is 19.8 Å². The van der Waals surface area contributed by atoms with Crippen molar-refractivity contribution in [3.8, 4) is 12.3 Å². The third-order valence-electron chi connectivity index (χ3n) is 2.97. The second-order valence-corrected chi connectivity index (χ2v) is 4.45. The predicted molar refractivity (Wildman–Crippen MR) is 66.4 cm³/mol. The van der Waals surface area contributed by atoms with E-state index < -0.39 is 30.0 Å². The molecule has 0 aliphatic carbocycles. The molecular weight excluding hydrogens is 250 g/mol. The van der Waals surface area contributed by atoms with Gasteiger partial charge in [-0.25, -0.2) is 0 Å². The van der Waals surface area contributed by atoms with Crippen LogP contribution >= 0.6 is 0 Å². The normalized spacial score (nSPS) is 23.5. The van der Waals surface area contributed by atoms with E-state index in [2.05, 4.69) is 11.2 Å². The number of likely N-dealkylation sites (tertiary alicyclic amines) is 1. The molecule has 1 aliphatic heterocycles. The van der Waals surface area contributed by atoms with Crippen molar-refractivity contribution in [1.82, 2.24) is 10.2 Å². The Balaban J connectivity index is 2.73. The lowest BCUT2D eigenvalue weighted by molar-refractivity contribution is -0.137. The quantitative estimate of drug-likeness (QED) is 0.509. The van der Waals surface area contributed by atoms with Gasteiger partial charge in [0.05, 0.1) is 6.10 Å². The first-order valence-electron chi connectivity index (χ1n) is 5.85. The van der Waals surface area contributed by atoms with E-state index in [1.54, 1.807) is 0 Å². The summed E-state index contributed by atoms with van der Waals surface area (Å²) in [7, 11) is 0. The number of aliphatic hydroxyl groups is 1. The van der Waals surface area contributed by atoms with Gasteiger partial charge in [0.25, 0.3) is 0 Å². The fourth-order valence-corrected chi connectivity index (χ4v) is 2.02. The number of hydrogen-bond donors (Lipinski definition) is 3. The van der Waals surface area contributed by atoms with Crippen LogP contribution in [0, 0.1) is 12.3 Å². The van der Waals surface area contributed by atoms with Crippen LogP contribution in [0.3, 0.4) is 0 Å². The van der Waals surface area contributed by atoms with Gasteiger partial charge in [-0.3, -0.25) is 14.4 Å². The number of hydrogen-bond acceptors (Lipinski definition) is 4. The van der Waals surface area contributed by atoms with Crippen LogP contribution in [0.5, 0.6) is 0 Å². The average Bonchev–Trinajstić information content (AvgIpc) is 2.70. The molecule has 7 nitrogen and oxygen atoms in total. The Hall–Kier alpha value is -2.07. The van der Waals surface area contributed by atoms with Gasteiger partial charge in [0.1, 0.15) is 12.1 Å². The molecule has 0 aromatic rings. The summed E-state index contributed by atoms with van der Waals surface area (Å²) >= 11 is 0. The fraction of sp³-hybridized carbons (Fsp3) is 0.583. The van der Waals surface area contributed by atoms with Crippen molar-refractivity contribution in [2.24, 2.45) is 5.73 Å². The monoisotopic (exact) mass is 267 g/mol. The highest BCUT2D eigenvalue weighted by Crippen LogP contribution is 2.18. The first kappa shape index (κ1) is 15.0. The number of aliphatic hydroxyl groups excluding tert-OH is 1. The van der Waals surface area contributed by atoms with Crippen molar-refractivity contribution < 1.29 is 19.5 Å². The number of primary amides is 1. The lowest BCUT2D eigenvalue weighted by Gasteiger charge is -2.23. The SMILES string of the molecule is C#CC[C@@H](NC(=O)[C@@H]1C[C@@H](O)CN1C(C)=O)C(N)=O. The molecule has 3 amide bonds. The summed E-state index contributed by atoms with van der Waals surface area (Å²) in [5.74, 6) is 0.654. The Kier molecular flexibility index (Phi) is 4.89. The van der Waals surface area contributed by atoms with E-state index in [0.29, 0.717) is 0 Å². The smallest absolute Gasteiger partial charge is 0.243 e. The molecule has 0 aromatic heterocycles. The largest absolute Gasteiger partial charge is 0.391 e. The molecule has 19 heavy (non-hydrogen) atoms. The van der Waals surface area contributed by atoms with Crippen molar-refractivity contribution in [3.63, 3.8) is 0 Å². The van der Waals surface area contributed by atoms with Crippen LogP contribution < -0.4 is 11.1 Å². The average molecular weight is 267 g/mol. The summed E-state index contributed by atoms with van der Waals surface area (Å²) in [6.45, 7) is 1.41. The number of terminal acetylenes is 1. The first-order valence-corrected chi connectivity index (χ1v) is 5.85. The van der Waals surface area contributed by atoms with Crippen LogP contribution in [0.2, 0.25) is 0 Å². The van der Waals surface area contributed by atoms with Crippen LogP contribution in [0.15, 0.2) is 0 Å². The Morgan fingerprint density at radius 3 is 2.68 bits per heavy atom. The Bertz CT molecular complexity index is 429. The summed E-state index contributed by atoms with van der Waals surface area (Å²) in [6.07, 6.45) is 4.44. The number of carbonyl (C=O) groups excluding carboxylic acids is 3. The van der Waals surface area contributed by atoms with E-state index in [9.17, 15) is 19.5 Å². The fourth-order valence-electron chi connectivity index (χ4n) is 2.02. The zero-order chi connectivity index (χ0) is 14.6. The number of amides is 3. The molecule has 0 radical (unpaired) electrons. The van der Waals surface area contributed by atoms with E-state index >= 15 is 0 Å². The summed E-state index contributed by atoms with van der Waals surface area (Å²) in [6, 6.07) is -1.77. The first-order chi connectivity index (χ1) is 8.86. The van der Waals surface area contributed by atoms with Gasteiger partial charge in [0.15, 0.2) is 0 Å². The maximum absolute atomic E-state index is 12.0. The minimum absolute atomic E-state index is 0.0174. The van der Waals surface area contributed by atoms with Crippen molar-refractivity contribution in [2.75, 3.05) is 6.54 Å². The molecule has 4 N–H and O–H groups in total. The molecule has 1 rings (SSSR count). The van der Waals surface area contributed by atoms with Gasteiger partial charge in [0, 0.05) is 26.3 Å². The second kappa shape index (κ2) is 6.20. The summed E-state index contributed by atoms with van der Waals surface area (Å²) in [5.41, 5.74) is 5.11. The lowest BCUT2D eigenvalue weighted by atomic mass is 10.1. The topological polar surface area (TPSA) is 113 Å². The van der Waals surface area contributed by atoms with E-state index in [-0.39, 0.29) is 25.3 Å². The van der Waals surface area contributed by atoms with E-state index in [0.717, 1.165) is 0 Å². The highest BCUT2D eigenvalue weighted by atomic mass is 16.3. The number of nitrogens with zero attached hydrogens (tertiary/aromatic N) is 1. The van der Waals surface area contributed by atoms with Crippen molar-refractivity contribution in [1.29, 1.82) is 0 Å². The molecule has 7 heteroatoms. The molecule has 0 aromatic carbocycles. The summed E-state index contributed by atoms with van der Waals surface area (Å²) in [5, 5.41) is 11.9. The molecule has 1 fully saturated rings. The van der Waals surface area contributed by atoms with Gasteiger partial charge in [-0.2, -0.15) is 0 Å². The molecule has 1 saturated heterocycles. The Labute approximate surface area is 111 Å². The summed E-state index contributed by atoms with van der Waals surface area (Å²) in [4.78, 5) is 35.7. The van der Waals surface area contributed by atoms with Crippen LogP contribution in [0.4, 0.5) is 0 Å². The van der Waals surface area contributed by atoms with Crippen molar-refractivity contribution >= 4 is 17.7 Å². The maximum Gasteiger partial charge on any atom is 0.243 e. The third-order valence-corrected chi connectivity index (χ3v) is 2.97. The van der Waals surface area contributed by atoms with Crippen molar-refractivity contribution in [2.45, 2.75) is 38.0 Å². The third kappa shape index (κ3) is 3.69. The molecule has 0 spiro atoms. The minimum Gasteiger partial charge on any atom is -0.391 e. The second-order valence-electron chi connectivity index (χ2n) is 4.45. The van der Waals surface area contributed by atoms with Gasteiger partial charge < -0.3 is 21.1 Å². The van der Waals surface area contributed by atoms with E-state index in [4.69, 9.17) is 12.2 Å². The molecule has 1 aliphatic rings. The van der Waals surface area contributed by atoms with Crippen molar-refractivity contribution in [3.05, 3.63) is 0 Å². The zero-order valence-corrected chi connectivity index (χ0v) is 10.6. The number of nitrogens with two attached hydrogens (primary N) is 1. The molecule has 0 unspecified atom stereocenters.